The minimum absolute atomic E-state index is 0.580. The molecule has 2 aromatic rings. The van der Waals surface area contributed by atoms with Crippen molar-refractivity contribution in [3.63, 3.8) is 0 Å². The zero-order chi connectivity index (χ0) is 14.3. The van der Waals surface area contributed by atoms with Crippen molar-refractivity contribution in [3.05, 3.63) is 52.7 Å². The molecule has 0 bridgehead atoms. The van der Waals surface area contributed by atoms with E-state index in [2.05, 4.69) is 62.8 Å². The average Bonchev–Trinajstić information content (AvgIpc) is 2.84. The van der Waals surface area contributed by atoms with Crippen molar-refractivity contribution in [1.29, 1.82) is 0 Å². The van der Waals surface area contributed by atoms with Gasteiger partial charge < -0.3 is 0 Å². The SMILES string of the molecule is Cc1cc2c(cc1-c1ccc(C(C)C)c[n+]1C)CCC2. The average molecular weight is 266 g/mol. The molecule has 1 aliphatic carbocycles. The van der Waals surface area contributed by atoms with E-state index in [1.165, 1.54) is 41.6 Å². The van der Waals surface area contributed by atoms with E-state index in [4.69, 9.17) is 0 Å². The van der Waals surface area contributed by atoms with Crippen LogP contribution >= 0.6 is 0 Å². The van der Waals surface area contributed by atoms with E-state index in [1.807, 2.05) is 0 Å². The molecule has 0 atom stereocenters. The summed E-state index contributed by atoms with van der Waals surface area (Å²) in [6, 6.07) is 9.36. The van der Waals surface area contributed by atoms with Crippen LogP contribution in [0.2, 0.25) is 0 Å². The van der Waals surface area contributed by atoms with Crippen LogP contribution in [0.25, 0.3) is 11.3 Å². The molecule has 0 aliphatic heterocycles. The van der Waals surface area contributed by atoms with Gasteiger partial charge in [-0.05, 0) is 60.9 Å². The Morgan fingerprint density at radius 1 is 1.05 bits per heavy atom. The normalized spacial score (nSPS) is 13.8. The molecule has 104 valence electrons. The van der Waals surface area contributed by atoms with Crippen molar-refractivity contribution in [1.82, 2.24) is 0 Å². The van der Waals surface area contributed by atoms with E-state index in [0.717, 1.165) is 0 Å². The van der Waals surface area contributed by atoms with Crippen molar-refractivity contribution in [2.75, 3.05) is 0 Å². The summed E-state index contributed by atoms with van der Waals surface area (Å²) in [5.41, 5.74) is 8.63. The van der Waals surface area contributed by atoms with Crippen LogP contribution in [-0.4, -0.2) is 0 Å². The smallest absolute Gasteiger partial charge is 0.201 e. The molecule has 0 amide bonds. The number of fused-ring (bicyclic) bond motifs is 1. The van der Waals surface area contributed by atoms with Crippen LogP contribution in [0.5, 0.6) is 0 Å². The van der Waals surface area contributed by atoms with Gasteiger partial charge in [0.2, 0.25) is 5.69 Å². The minimum atomic E-state index is 0.580. The van der Waals surface area contributed by atoms with Crippen molar-refractivity contribution >= 4 is 0 Å². The fraction of sp³-hybridized carbons (Fsp3) is 0.421. The van der Waals surface area contributed by atoms with Crippen molar-refractivity contribution in [3.8, 4) is 11.3 Å². The molecular weight excluding hydrogens is 242 g/mol. The van der Waals surface area contributed by atoms with E-state index < -0.39 is 0 Å². The quantitative estimate of drug-likeness (QED) is 0.721. The van der Waals surface area contributed by atoms with Gasteiger partial charge in [-0.1, -0.05) is 19.9 Å². The maximum absolute atomic E-state index is 2.42. The molecule has 20 heavy (non-hydrogen) atoms. The second kappa shape index (κ2) is 5.05. The van der Waals surface area contributed by atoms with Gasteiger partial charge in [0.05, 0.1) is 0 Å². The zero-order valence-corrected chi connectivity index (χ0v) is 13.0. The molecular formula is C19H24N+. The van der Waals surface area contributed by atoms with Gasteiger partial charge in [-0.15, -0.1) is 0 Å². The van der Waals surface area contributed by atoms with E-state index in [-0.39, 0.29) is 0 Å². The molecule has 0 fully saturated rings. The molecule has 0 saturated carbocycles. The minimum Gasteiger partial charge on any atom is -0.201 e. The fourth-order valence-electron chi connectivity index (χ4n) is 3.27. The number of rotatable bonds is 2. The summed E-state index contributed by atoms with van der Waals surface area (Å²) in [5, 5.41) is 0. The summed E-state index contributed by atoms with van der Waals surface area (Å²) in [7, 11) is 2.16. The zero-order valence-electron chi connectivity index (χ0n) is 13.0. The summed E-state index contributed by atoms with van der Waals surface area (Å²) in [6.45, 7) is 6.73. The lowest BCUT2D eigenvalue weighted by Crippen LogP contribution is -2.31. The van der Waals surface area contributed by atoms with E-state index in [1.54, 1.807) is 11.1 Å². The molecule has 1 aliphatic rings. The maximum atomic E-state index is 2.42. The molecule has 1 heteroatoms. The first-order chi connectivity index (χ1) is 9.56. The number of pyridine rings is 1. The highest BCUT2D eigenvalue weighted by Gasteiger charge is 2.18. The molecule has 1 heterocycles. The van der Waals surface area contributed by atoms with Crippen molar-refractivity contribution in [2.24, 2.45) is 7.05 Å². The predicted octanol–water partition coefficient (Wildman–Crippen LogP) is 4.10. The van der Waals surface area contributed by atoms with Crippen LogP contribution in [0.4, 0.5) is 0 Å². The summed E-state index contributed by atoms with van der Waals surface area (Å²) < 4.78 is 2.28. The second-order valence-electron chi connectivity index (χ2n) is 6.40. The van der Waals surface area contributed by atoms with Crippen LogP contribution in [0.15, 0.2) is 30.5 Å². The summed E-state index contributed by atoms with van der Waals surface area (Å²) in [4.78, 5) is 0. The highest BCUT2D eigenvalue weighted by Crippen LogP contribution is 2.30. The first-order valence-electron chi connectivity index (χ1n) is 7.68. The standard InChI is InChI=1S/C19H24N/c1-13(2)17-8-9-19(20(4)12-17)18-11-16-7-5-6-15(16)10-14(18)3/h8-13H,5-7H2,1-4H3/q+1. The molecule has 1 aromatic carbocycles. The van der Waals surface area contributed by atoms with Gasteiger partial charge in [-0.2, -0.15) is 0 Å². The topological polar surface area (TPSA) is 3.88 Å². The first-order valence-corrected chi connectivity index (χ1v) is 7.68. The number of hydrogen-bond acceptors (Lipinski definition) is 0. The maximum Gasteiger partial charge on any atom is 0.212 e. The van der Waals surface area contributed by atoms with Gasteiger partial charge in [-0.25, -0.2) is 4.57 Å². The van der Waals surface area contributed by atoms with E-state index in [9.17, 15) is 0 Å². The van der Waals surface area contributed by atoms with Crippen LogP contribution < -0.4 is 4.57 Å². The Morgan fingerprint density at radius 2 is 1.75 bits per heavy atom. The highest BCUT2D eigenvalue weighted by molar-refractivity contribution is 5.64. The third-order valence-corrected chi connectivity index (χ3v) is 4.54. The number of aromatic nitrogens is 1. The van der Waals surface area contributed by atoms with Gasteiger partial charge in [-0.3, -0.25) is 0 Å². The fourth-order valence-corrected chi connectivity index (χ4v) is 3.27. The van der Waals surface area contributed by atoms with Gasteiger partial charge in [0.1, 0.15) is 7.05 Å². The Bertz CT molecular complexity index is 653. The molecule has 0 saturated heterocycles. The van der Waals surface area contributed by atoms with Crippen molar-refractivity contribution < 1.29 is 4.57 Å². The molecule has 0 unspecified atom stereocenters. The number of nitrogens with zero attached hydrogens (tertiary/aromatic N) is 1. The largest absolute Gasteiger partial charge is 0.212 e. The lowest BCUT2D eigenvalue weighted by Gasteiger charge is -2.10. The number of aryl methyl sites for hydroxylation is 4. The molecule has 3 rings (SSSR count). The third-order valence-electron chi connectivity index (χ3n) is 4.54. The Labute approximate surface area is 122 Å². The summed E-state index contributed by atoms with van der Waals surface area (Å²) in [6.07, 6.45) is 6.09. The van der Waals surface area contributed by atoms with Gasteiger partial charge >= 0.3 is 0 Å². The third kappa shape index (κ3) is 2.26. The van der Waals surface area contributed by atoms with Gasteiger partial charge in [0, 0.05) is 17.2 Å². The Kier molecular flexibility index (Phi) is 3.37. The lowest BCUT2D eigenvalue weighted by atomic mass is 9.97. The second-order valence-corrected chi connectivity index (χ2v) is 6.40. The van der Waals surface area contributed by atoms with Crippen molar-refractivity contribution in [2.45, 2.75) is 46.0 Å². The van der Waals surface area contributed by atoms with E-state index >= 15 is 0 Å². The first kappa shape index (κ1) is 13.4. The van der Waals surface area contributed by atoms with E-state index in [0.29, 0.717) is 5.92 Å². The van der Waals surface area contributed by atoms with Crippen LogP contribution in [0.1, 0.15) is 48.4 Å². The molecule has 1 aromatic heterocycles. The molecule has 0 radical (unpaired) electrons. The van der Waals surface area contributed by atoms with Gasteiger partial charge in [0.25, 0.3) is 0 Å². The molecule has 1 nitrogen and oxygen atoms in total. The lowest BCUT2D eigenvalue weighted by molar-refractivity contribution is -0.660. The molecule has 0 N–H and O–H groups in total. The predicted molar refractivity (Wildman–Crippen MR) is 83.9 cm³/mol. The van der Waals surface area contributed by atoms with Crippen LogP contribution in [0, 0.1) is 6.92 Å². The number of benzene rings is 1. The van der Waals surface area contributed by atoms with Crippen LogP contribution in [-0.2, 0) is 19.9 Å². The van der Waals surface area contributed by atoms with Crippen LogP contribution in [0.3, 0.4) is 0 Å². The summed E-state index contributed by atoms with van der Waals surface area (Å²) in [5.74, 6) is 0.580. The Morgan fingerprint density at radius 3 is 2.40 bits per heavy atom. The highest BCUT2D eigenvalue weighted by atomic mass is 14.9. The molecule has 0 spiro atoms. The Hall–Kier alpha value is -1.63. The monoisotopic (exact) mass is 266 g/mol. The Balaban J connectivity index is 2.09. The van der Waals surface area contributed by atoms with Gasteiger partial charge in [0.15, 0.2) is 6.20 Å². The number of hydrogen-bond donors (Lipinski definition) is 0. The summed E-state index contributed by atoms with van der Waals surface area (Å²) >= 11 is 0.